The van der Waals surface area contributed by atoms with Gasteiger partial charge in [-0.1, -0.05) is 24.6 Å². The highest BCUT2D eigenvalue weighted by Crippen LogP contribution is 2.26. The number of hydrogen-bond acceptors (Lipinski definition) is 4. The van der Waals surface area contributed by atoms with Gasteiger partial charge in [0.25, 0.3) is 0 Å². The summed E-state index contributed by atoms with van der Waals surface area (Å²) in [6.07, 6.45) is 0.922. The third kappa shape index (κ3) is 2.81. The van der Waals surface area contributed by atoms with Crippen molar-refractivity contribution in [3.8, 4) is 11.8 Å². The number of nitriles is 1. The largest absolute Gasteiger partial charge is 0.486 e. The summed E-state index contributed by atoms with van der Waals surface area (Å²) in [4.78, 5) is 4.40. The number of aryl methyl sites for hydroxylation is 1. The van der Waals surface area contributed by atoms with Crippen molar-refractivity contribution in [2.24, 2.45) is 0 Å². The number of nitrogens with zero attached hydrogens (tertiary/aromatic N) is 2. The average Bonchev–Trinajstić information content (AvgIpc) is 2.84. The molecule has 2 rings (SSSR count). The molecule has 0 bridgehead atoms. The quantitative estimate of drug-likeness (QED) is 0.854. The van der Waals surface area contributed by atoms with Gasteiger partial charge in [0.2, 0.25) is 0 Å². The van der Waals surface area contributed by atoms with Crippen LogP contribution < -0.4 is 4.74 Å². The maximum Gasteiger partial charge on any atom is 0.139 e. The first kappa shape index (κ1) is 12.9. The van der Waals surface area contributed by atoms with E-state index in [0.717, 1.165) is 17.1 Å². The van der Waals surface area contributed by atoms with E-state index in [9.17, 15) is 0 Å². The Hall–Kier alpha value is -1.57. The minimum absolute atomic E-state index is 0.353. The number of rotatable bonds is 4. The van der Waals surface area contributed by atoms with Crippen LogP contribution in [-0.2, 0) is 13.0 Å². The molecular weight excluding hydrogens is 268 g/mol. The second-order valence-corrected chi connectivity index (χ2v) is 4.95. The van der Waals surface area contributed by atoms with Crippen molar-refractivity contribution in [3.63, 3.8) is 0 Å². The van der Waals surface area contributed by atoms with Gasteiger partial charge in [0.1, 0.15) is 24.0 Å². The zero-order valence-electron chi connectivity index (χ0n) is 9.81. The lowest BCUT2D eigenvalue weighted by Crippen LogP contribution is -1.98. The molecule has 0 fully saturated rings. The molecule has 1 heterocycles. The van der Waals surface area contributed by atoms with Gasteiger partial charge in [-0.25, -0.2) is 4.98 Å². The normalized spacial score (nSPS) is 10.1. The van der Waals surface area contributed by atoms with Crippen LogP contribution in [0.2, 0.25) is 5.02 Å². The van der Waals surface area contributed by atoms with Gasteiger partial charge < -0.3 is 4.74 Å². The maximum absolute atomic E-state index is 9.01. The van der Waals surface area contributed by atoms with E-state index in [4.69, 9.17) is 21.6 Å². The van der Waals surface area contributed by atoms with Crippen LogP contribution >= 0.6 is 22.9 Å². The zero-order chi connectivity index (χ0) is 13.0. The predicted octanol–water partition coefficient (Wildman–Crippen LogP) is 3.81. The predicted molar refractivity (Wildman–Crippen MR) is 72.0 cm³/mol. The summed E-state index contributed by atoms with van der Waals surface area (Å²) in [5.74, 6) is 0.496. The molecule has 0 aliphatic carbocycles. The summed E-state index contributed by atoms with van der Waals surface area (Å²) in [6, 6.07) is 7.21. The number of ether oxygens (including phenoxy) is 1. The summed E-state index contributed by atoms with van der Waals surface area (Å²) in [5, 5.41) is 12.5. The van der Waals surface area contributed by atoms with Crippen molar-refractivity contribution in [2.45, 2.75) is 20.0 Å². The fraction of sp³-hybridized carbons (Fsp3) is 0.231. The van der Waals surface area contributed by atoms with Crippen molar-refractivity contribution >= 4 is 22.9 Å². The third-order valence-electron chi connectivity index (χ3n) is 2.36. The second-order valence-electron chi connectivity index (χ2n) is 3.60. The maximum atomic E-state index is 9.01. The van der Waals surface area contributed by atoms with Crippen molar-refractivity contribution < 1.29 is 4.74 Å². The Bertz CT molecular complexity index is 589. The molecule has 0 amide bonds. The molecule has 2 aromatic rings. The monoisotopic (exact) mass is 278 g/mol. The Labute approximate surface area is 115 Å². The average molecular weight is 279 g/mol. The van der Waals surface area contributed by atoms with E-state index < -0.39 is 0 Å². The van der Waals surface area contributed by atoms with Crippen molar-refractivity contribution in [3.05, 3.63) is 44.9 Å². The van der Waals surface area contributed by atoms with E-state index in [1.165, 1.54) is 0 Å². The molecule has 5 heteroatoms. The van der Waals surface area contributed by atoms with Crippen LogP contribution in [-0.4, -0.2) is 4.98 Å². The smallest absolute Gasteiger partial charge is 0.139 e. The summed E-state index contributed by atoms with van der Waals surface area (Å²) >= 11 is 7.54. The third-order valence-corrected chi connectivity index (χ3v) is 3.72. The summed E-state index contributed by atoms with van der Waals surface area (Å²) < 4.78 is 5.59. The van der Waals surface area contributed by atoms with Crippen LogP contribution in [0.25, 0.3) is 0 Å². The van der Waals surface area contributed by atoms with Crippen molar-refractivity contribution in [1.82, 2.24) is 4.98 Å². The summed E-state index contributed by atoms with van der Waals surface area (Å²) in [7, 11) is 0. The van der Waals surface area contributed by atoms with Crippen LogP contribution in [0.4, 0.5) is 0 Å². The molecule has 0 saturated carbocycles. The molecular formula is C13H11ClN2OS. The number of aromatic nitrogens is 1. The number of benzene rings is 1. The Morgan fingerprint density at radius 2 is 2.33 bits per heavy atom. The molecule has 92 valence electrons. The Morgan fingerprint density at radius 1 is 1.50 bits per heavy atom. The van der Waals surface area contributed by atoms with Crippen LogP contribution in [0.5, 0.6) is 5.75 Å². The highest BCUT2D eigenvalue weighted by Gasteiger charge is 2.08. The molecule has 0 spiro atoms. The molecule has 1 aromatic heterocycles. The minimum atomic E-state index is 0.353. The Morgan fingerprint density at radius 3 is 3.00 bits per heavy atom. The molecule has 0 N–H and O–H groups in total. The fourth-order valence-electron chi connectivity index (χ4n) is 1.46. The molecule has 3 nitrogen and oxygen atoms in total. The van der Waals surface area contributed by atoms with Crippen molar-refractivity contribution in [1.29, 1.82) is 5.26 Å². The molecule has 0 aliphatic rings. The number of halogens is 1. The molecule has 18 heavy (non-hydrogen) atoms. The highest BCUT2D eigenvalue weighted by molar-refractivity contribution is 7.09. The van der Waals surface area contributed by atoms with E-state index in [1.54, 1.807) is 29.5 Å². The molecule has 1 aromatic carbocycles. The van der Waals surface area contributed by atoms with Crippen LogP contribution in [0.3, 0.4) is 0 Å². The van der Waals surface area contributed by atoms with Gasteiger partial charge >= 0.3 is 0 Å². The van der Waals surface area contributed by atoms with Crippen LogP contribution in [0.1, 0.15) is 23.2 Å². The zero-order valence-corrected chi connectivity index (χ0v) is 11.4. The standard InChI is InChI=1S/C13H11ClN2OS/c1-2-13-16-9(8-18-13)7-17-12-5-3-4-11(14)10(12)6-15/h3-5,8H,2,7H2,1H3. The first-order chi connectivity index (χ1) is 8.74. The molecule has 0 radical (unpaired) electrons. The SMILES string of the molecule is CCc1nc(COc2cccc(Cl)c2C#N)cs1. The summed E-state index contributed by atoms with van der Waals surface area (Å²) in [6.45, 7) is 2.42. The van der Waals surface area contributed by atoms with Gasteiger partial charge in [-0.15, -0.1) is 11.3 Å². The van der Waals surface area contributed by atoms with Gasteiger partial charge in [0.15, 0.2) is 0 Å². The van der Waals surface area contributed by atoms with Crippen LogP contribution in [0, 0.1) is 11.3 Å². The lowest BCUT2D eigenvalue weighted by atomic mass is 10.2. The Kier molecular flexibility index (Phi) is 4.19. The highest BCUT2D eigenvalue weighted by atomic mass is 35.5. The van der Waals surface area contributed by atoms with E-state index >= 15 is 0 Å². The summed E-state index contributed by atoms with van der Waals surface area (Å²) in [5.41, 5.74) is 1.24. The van der Waals surface area contributed by atoms with E-state index in [2.05, 4.69) is 11.9 Å². The molecule has 0 atom stereocenters. The minimum Gasteiger partial charge on any atom is -0.486 e. The molecule has 0 unspecified atom stereocenters. The van der Waals surface area contributed by atoms with Crippen LogP contribution in [0.15, 0.2) is 23.6 Å². The second kappa shape index (κ2) is 5.85. The fourth-order valence-corrected chi connectivity index (χ4v) is 2.40. The first-order valence-corrected chi connectivity index (χ1v) is 6.75. The lowest BCUT2D eigenvalue weighted by molar-refractivity contribution is 0.301. The topological polar surface area (TPSA) is 45.9 Å². The molecule has 0 aliphatic heterocycles. The van der Waals surface area contributed by atoms with Crippen molar-refractivity contribution in [2.75, 3.05) is 0 Å². The number of hydrogen-bond donors (Lipinski definition) is 0. The van der Waals surface area contributed by atoms with Gasteiger partial charge in [-0.2, -0.15) is 5.26 Å². The lowest BCUT2D eigenvalue weighted by Gasteiger charge is -2.06. The first-order valence-electron chi connectivity index (χ1n) is 5.49. The Balaban J connectivity index is 2.11. The van der Waals surface area contributed by atoms with Gasteiger partial charge in [-0.3, -0.25) is 0 Å². The molecule has 0 saturated heterocycles. The van der Waals surface area contributed by atoms with E-state index in [-0.39, 0.29) is 0 Å². The van der Waals surface area contributed by atoms with Gasteiger partial charge in [-0.05, 0) is 18.6 Å². The van der Waals surface area contributed by atoms with E-state index in [0.29, 0.717) is 22.9 Å². The van der Waals surface area contributed by atoms with Gasteiger partial charge in [0, 0.05) is 5.38 Å². The van der Waals surface area contributed by atoms with E-state index in [1.807, 2.05) is 11.4 Å². The van der Waals surface area contributed by atoms with Gasteiger partial charge in [0.05, 0.1) is 15.7 Å². The number of thiazole rings is 1.